The van der Waals surface area contributed by atoms with Crippen molar-refractivity contribution in [3.8, 4) is 0 Å². The van der Waals surface area contributed by atoms with E-state index in [1.807, 2.05) is 0 Å². The number of rotatable bonds is 4. The van der Waals surface area contributed by atoms with Crippen LogP contribution < -0.4 is 5.32 Å². The lowest BCUT2D eigenvalue weighted by Gasteiger charge is -2.19. The van der Waals surface area contributed by atoms with E-state index in [1.54, 1.807) is 0 Å². The Labute approximate surface area is 69.3 Å². The van der Waals surface area contributed by atoms with Crippen LogP contribution in [0, 0.1) is 0 Å². The van der Waals surface area contributed by atoms with Gasteiger partial charge >= 0.3 is 0 Å². The summed E-state index contributed by atoms with van der Waals surface area (Å²) in [6.07, 6.45) is 4.34. The van der Waals surface area contributed by atoms with E-state index >= 15 is 0 Å². The first-order valence-electron chi connectivity index (χ1n) is 4.73. The molecule has 0 unspecified atom stereocenters. The first-order chi connectivity index (χ1) is 5.38. The molecule has 0 saturated heterocycles. The monoisotopic (exact) mass is 157 g/mol. The van der Waals surface area contributed by atoms with Crippen molar-refractivity contribution in [2.75, 3.05) is 13.2 Å². The van der Waals surface area contributed by atoms with Crippen LogP contribution >= 0.6 is 0 Å². The van der Waals surface area contributed by atoms with Crippen LogP contribution in [0.1, 0.15) is 33.1 Å². The van der Waals surface area contributed by atoms with E-state index in [9.17, 15) is 0 Å². The quantitative estimate of drug-likeness (QED) is 0.668. The van der Waals surface area contributed by atoms with Gasteiger partial charge < -0.3 is 10.1 Å². The standard InChI is InChI=1S/C9H19NO/c1-3-10-8-6-5-7-9(8)11-4-2/h8-10H,3-7H2,1-2H3/t8-,9-/m1/s1. The van der Waals surface area contributed by atoms with Crippen molar-refractivity contribution in [3.05, 3.63) is 0 Å². The van der Waals surface area contributed by atoms with E-state index in [2.05, 4.69) is 19.2 Å². The number of hydrogen-bond donors (Lipinski definition) is 1. The number of likely N-dealkylation sites (N-methyl/N-ethyl adjacent to an activating group) is 1. The topological polar surface area (TPSA) is 21.3 Å². The largest absolute Gasteiger partial charge is 0.377 e. The summed E-state index contributed by atoms with van der Waals surface area (Å²) < 4.78 is 5.61. The molecule has 1 saturated carbocycles. The minimum atomic E-state index is 0.486. The third-order valence-corrected chi connectivity index (χ3v) is 2.30. The Hall–Kier alpha value is -0.0800. The molecule has 0 aromatic carbocycles. The molecule has 0 aromatic heterocycles. The SMILES string of the molecule is CCN[C@@H]1CCC[C@H]1OCC. The van der Waals surface area contributed by atoms with Crippen LogP contribution in [0.15, 0.2) is 0 Å². The molecule has 1 rings (SSSR count). The summed E-state index contributed by atoms with van der Waals surface area (Å²) in [7, 11) is 0. The average Bonchev–Trinajstić information content (AvgIpc) is 2.39. The third-order valence-electron chi connectivity index (χ3n) is 2.30. The Morgan fingerprint density at radius 3 is 2.82 bits per heavy atom. The van der Waals surface area contributed by atoms with E-state index < -0.39 is 0 Å². The van der Waals surface area contributed by atoms with E-state index in [0.29, 0.717) is 12.1 Å². The highest BCUT2D eigenvalue weighted by Crippen LogP contribution is 2.21. The highest BCUT2D eigenvalue weighted by atomic mass is 16.5. The highest BCUT2D eigenvalue weighted by Gasteiger charge is 2.26. The Morgan fingerprint density at radius 2 is 2.18 bits per heavy atom. The molecule has 0 spiro atoms. The lowest BCUT2D eigenvalue weighted by atomic mass is 10.2. The summed E-state index contributed by atoms with van der Waals surface area (Å²) in [4.78, 5) is 0. The molecule has 66 valence electrons. The fourth-order valence-corrected chi connectivity index (χ4v) is 1.84. The fraction of sp³-hybridized carbons (Fsp3) is 1.00. The van der Waals surface area contributed by atoms with Gasteiger partial charge in [0, 0.05) is 12.6 Å². The molecule has 0 amide bonds. The summed E-state index contributed by atoms with van der Waals surface area (Å²) in [5, 5.41) is 3.45. The van der Waals surface area contributed by atoms with Crippen LogP contribution in [0.2, 0.25) is 0 Å². The van der Waals surface area contributed by atoms with Crippen LogP contribution in [0.4, 0.5) is 0 Å². The van der Waals surface area contributed by atoms with Gasteiger partial charge in [-0.3, -0.25) is 0 Å². The predicted octanol–water partition coefficient (Wildman–Crippen LogP) is 1.55. The summed E-state index contributed by atoms with van der Waals surface area (Å²) >= 11 is 0. The Kier molecular flexibility index (Phi) is 3.87. The van der Waals surface area contributed by atoms with Crippen molar-refractivity contribution >= 4 is 0 Å². The summed E-state index contributed by atoms with van der Waals surface area (Å²) in [6.45, 7) is 6.14. The highest BCUT2D eigenvalue weighted by molar-refractivity contribution is 4.83. The maximum Gasteiger partial charge on any atom is 0.0727 e. The molecule has 0 heterocycles. The second-order valence-electron chi connectivity index (χ2n) is 3.09. The molecular weight excluding hydrogens is 138 g/mol. The molecule has 2 nitrogen and oxygen atoms in total. The van der Waals surface area contributed by atoms with E-state index in [-0.39, 0.29) is 0 Å². The van der Waals surface area contributed by atoms with Gasteiger partial charge in [0.05, 0.1) is 6.10 Å². The lowest BCUT2D eigenvalue weighted by Crippen LogP contribution is -2.37. The molecule has 1 aliphatic carbocycles. The van der Waals surface area contributed by atoms with Crippen LogP contribution in [0.5, 0.6) is 0 Å². The van der Waals surface area contributed by atoms with Crippen molar-refractivity contribution in [2.24, 2.45) is 0 Å². The first kappa shape index (κ1) is 9.01. The van der Waals surface area contributed by atoms with E-state index in [4.69, 9.17) is 4.74 Å². The molecule has 0 aliphatic heterocycles. The van der Waals surface area contributed by atoms with E-state index in [0.717, 1.165) is 13.2 Å². The van der Waals surface area contributed by atoms with Crippen molar-refractivity contribution < 1.29 is 4.74 Å². The first-order valence-corrected chi connectivity index (χ1v) is 4.73. The lowest BCUT2D eigenvalue weighted by molar-refractivity contribution is 0.0493. The Bertz CT molecular complexity index is 93.7. The normalized spacial score (nSPS) is 31.1. The Morgan fingerprint density at radius 1 is 1.36 bits per heavy atom. The molecule has 2 heteroatoms. The summed E-state index contributed by atoms with van der Waals surface area (Å²) in [6, 6.07) is 0.625. The zero-order valence-corrected chi connectivity index (χ0v) is 7.60. The van der Waals surface area contributed by atoms with Crippen LogP contribution in [0.25, 0.3) is 0 Å². The molecule has 11 heavy (non-hydrogen) atoms. The van der Waals surface area contributed by atoms with Crippen LogP contribution in [-0.4, -0.2) is 25.3 Å². The zero-order chi connectivity index (χ0) is 8.10. The molecule has 0 aromatic rings. The maximum atomic E-state index is 5.61. The minimum absolute atomic E-state index is 0.486. The minimum Gasteiger partial charge on any atom is -0.377 e. The molecule has 0 radical (unpaired) electrons. The van der Waals surface area contributed by atoms with Gasteiger partial charge in [0.2, 0.25) is 0 Å². The molecule has 1 fully saturated rings. The van der Waals surface area contributed by atoms with Gasteiger partial charge in [-0.15, -0.1) is 0 Å². The molecular formula is C9H19NO. The smallest absolute Gasteiger partial charge is 0.0727 e. The Balaban J connectivity index is 2.25. The van der Waals surface area contributed by atoms with Gasteiger partial charge in [-0.2, -0.15) is 0 Å². The maximum absolute atomic E-state index is 5.61. The van der Waals surface area contributed by atoms with Crippen LogP contribution in [-0.2, 0) is 4.74 Å². The van der Waals surface area contributed by atoms with Crippen LogP contribution in [0.3, 0.4) is 0 Å². The second kappa shape index (κ2) is 4.73. The van der Waals surface area contributed by atoms with Gasteiger partial charge in [0.15, 0.2) is 0 Å². The number of ether oxygens (including phenoxy) is 1. The van der Waals surface area contributed by atoms with Gasteiger partial charge in [-0.1, -0.05) is 6.92 Å². The predicted molar refractivity (Wildman–Crippen MR) is 46.7 cm³/mol. The summed E-state index contributed by atoms with van der Waals surface area (Å²) in [5.41, 5.74) is 0. The molecule has 2 atom stereocenters. The fourth-order valence-electron chi connectivity index (χ4n) is 1.84. The third kappa shape index (κ3) is 2.46. The van der Waals surface area contributed by atoms with Crippen molar-refractivity contribution in [3.63, 3.8) is 0 Å². The van der Waals surface area contributed by atoms with Crippen molar-refractivity contribution in [2.45, 2.75) is 45.3 Å². The van der Waals surface area contributed by atoms with E-state index in [1.165, 1.54) is 19.3 Å². The van der Waals surface area contributed by atoms with Gasteiger partial charge in [-0.25, -0.2) is 0 Å². The second-order valence-corrected chi connectivity index (χ2v) is 3.09. The molecule has 1 aliphatic rings. The molecule has 1 N–H and O–H groups in total. The van der Waals surface area contributed by atoms with Crippen molar-refractivity contribution in [1.29, 1.82) is 0 Å². The van der Waals surface area contributed by atoms with Gasteiger partial charge in [-0.05, 0) is 32.7 Å². The molecule has 0 bridgehead atoms. The van der Waals surface area contributed by atoms with Crippen molar-refractivity contribution in [1.82, 2.24) is 5.32 Å². The van der Waals surface area contributed by atoms with Gasteiger partial charge in [0.1, 0.15) is 0 Å². The summed E-state index contributed by atoms with van der Waals surface area (Å²) in [5.74, 6) is 0. The average molecular weight is 157 g/mol. The number of hydrogen-bond acceptors (Lipinski definition) is 2. The zero-order valence-electron chi connectivity index (χ0n) is 7.60. The number of nitrogens with one attached hydrogen (secondary N) is 1. The van der Waals surface area contributed by atoms with Gasteiger partial charge in [0.25, 0.3) is 0 Å².